The molecule has 0 saturated carbocycles. The third-order valence-corrected chi connectivity index (χ3v) is 1.91. The maximum absolute atomic E-state index is 9.03. The molecule has 0 aromatic carbocycles. The molecule has 3 heteroatoms. The van der Waals surface area contributed by atoms with Gasteiger partial charge in [-0.15, -0.1) is 6.58 Å². The molecule has 11 heavy (non-hydrogen) atoms. The Morgan fingerprint density at radius 1 is 1.73 bits per heavy atom. The Hall–Kier alpha value is 0.140. The summed E-state index contributed by atoms with van der Waals surface area (Å²) in [6.45, 7) is 6.76. The van der Waals surface area contributed by atoms with E-state index in [1.54, 1.807) is 0 Å². The zero-order valence-electron chi connectivity index (χ0n) is 6.85. The molecule has 1 unspecified atom stereocenters. The Balaban J connectivity index is 3.08. The first-order valence-electron chi connectivity index (χ1n) is 3.63. The van der Waals surface area contributed by atoms with Crippen molar-refractivity contribution in [2.45, 2.75) is 19.4 Å². The van der Waals surface area contributed by atoms with Crippen molar-refractivity contribution in [3.8, 4) is 0 Å². The van der Waals surface area contributed by atoms with Gasteiger partial charge in [-0.2, -0.15) is 0 Å². The lowest BCUT2D eigenvalue weighted by molar-refractivity contribution is 0.0507. The number of alkyl halides is 1. The van der Waals surface area contributed by atoms with Crippen molar-refractivity contribution >= 4 is 15.9 Å². The number of aliphatic hydroxyl groups is 1. The SMILES string of the molecule is C=C(C)CCOCC(O)CBr. The fourth-order valence-corrected chi connectivity index (χ4v) is 0.697. The van der Waals surface area contributed by atoms with Gasteiger partial charge in [0, 0.05) is 5.33 Å². The third kappa shape index (κ3) is 8.04. The van der Waals surface area contributed by atoms with Gasteiger partial charge in [0.05, 0.1) is 19.3 Å². The fraction of sp³-hybridized carbons (Fsp3) is 0.750. The first-order valence-corrected chi connectivity index (χ1v) is 4.75. The van der Waals surface area contributed by atoms with E-state index in [9.17, 15) is 0 Å². The number of rotatable bonds is 6. The van der Waals surface area contributed by atoms with Crippen molar-refractivity contribution in [1.82, 2.24) is 0 Å². The highest BCUT2D eigenvalue weighted by molar-refractivity contribution is 9.09. The van der Waals surface area contributed by atoms with E-state index in [0.717, 1.165) is 12.0 Å². The molecule has 0 amide bonds. The van der Waals surface area contributed by atoms with Crippen LogP contribution >= 0.6 is 15.9 Å². The molecule has 0 aromatic heterocycles. The molecule has 0 fully saturated rings. The topological polar surface area (TPSA) is 29.5 Å². The smallest absolute Gasteiger partial charge is 0.0870 e. The molecule has 0 radical (unpaired) electrons. The lowest BCUT2D eigenvalue weighted by atomic mass is 10.3. The van der Waals surface area contributed by atoms with Gasteiger partial charge in [-0.3, -0.25) is 0 Å². The van der Waals surface area contributed by atoms with Crippen LogP contribution in [0.2, 0.25) is 0 Å². The Morgan fingerprint density at radius 2 is 2.36 bits per heavy atom. The summed E-state index contributed by atoms with van der Waals surface area (Å²) >= 11 is 3.15. The molecule has 0 rings (SSSR count). The van der Waals surface area contributed by atoms with Gasteiger partial charge in [-0.05, 0) is 13.3 Å². The highest BCUT2D eigenvalue weighted by Gasteiger charge is 1.99. The largest absolute Gasteiger partial charge is 0.390 e. The van der Waals surface area contributed by atoms with E-state index in [1.807, 2.05) is 6.92 Å². The van der Waals surface area contributed by atoms with Crippen molar-refractivity contribution in [2.24, 2.45) is 0 Å². The van der Waals surface area contributed by atoms with Crippen LogP contribution in [0.3, 0.4) is 0 Å². The first kappa shape index (κ1) is 11.1. The predicted octanol–water partition coefficient (Wildman–Crippen LogP) is 1.73. The van der Waals surface area contributed by atoms with E-state index >= 15 is 0 Å². The fourth-order valence-electron chi connectivity index (χ4n) is 0.510. The lowest BCUT2D eigenvalue weighted by Crippen LogP contribution is -2.16. The molecule has 0 aromatic rings. The second-order valence-electron chi connectivity index (χ2n) is 2.59. The summed E-state index contributed by atoms with van der Waals surface area (Å²) in [7, 11) is 0. The van der Waals surface area contributed by atoms with Crippen LogP contribution in [-0.2, 0) is 4.74 Å². The van der Waals surface area contributed by atoms with Crippen LogP contribution in [0.5, 0.6) is 0 Å². The summed E-state index contributed by atoms with van der Waals surface area (Å²) < 4.78 is 5.16. The predicted molar refractivity (Wildman–Crippen MR) is 50.1 cm³/mol. The first-order chi connectivity index (χ1) is 5.16. The van der Waals surface area contributed by atoms with E-state index in [1.165, 1.54) is 0 Å². The molecule has 2 nitrogen and oxygen atoms in total. The minimum atomic E-state index is -0.389. The average molecular weight is 223 g/mol. The molecule has 0 spiro atoms. The Morgan fingerprint density at radius 3 is 2.82 bits per heavy atom. The highest BCUT2D eigenvalue weighted by atomic mass is 79.9. The van der Waals surface area contributed by atoms with E-state index in [2.05, 4.69) is 22.5 Å². The quantitative estimate of drug-likeness (QED) is 0.422. The van der Waals surface area contributed by atoms with Gasteiger partial charge in [0.1, 0.15) is 0 Å². The molecular weight excluding hydrogens is 208 g/mol. The minimum Gasteiger partial charge on any atom is -0.390 e. The number of aliphatic hydroxyl groups excluding tert-OH is 1. The summed E-state index contributed by atoms with van der Waals surface area (Å²) in [5.41, 5.74) is 1.11. The van der Waals surface area contributed by atoms with Crippen molar-refractivity contribution in [3.63, 3.8) is 0 Å². The molecule has 1 atom stereocenters. The molecule has 0 aliphatic heterocycles. The molecule has 66 valence electrons. The van der Waals surface area contributed by atoms with Gasteiger partial charge in [0.25, 0.3) is 0 Å². The van der Waals surface area contributed by atoms with Crippen LogP contribution in [0, 0.1) is 0 Å². The highest BCUT2D eigenvalue weighted by Crippen LogP contribution is 1.97. The molecule has 1 N–H and O–H groups in total. The summed E-state index contributed by atoms with van der Waals surface area (Å²) in [4.78, 5) is 0. The molecular formula is C8H15BrO2. The Bertz CT molecular complexity index is 115. The van der Waals surface area contributed by atoms with Crippen LogP contribution in [0.4, 0.5) is 0 Å². The van der Waals surface area contributed by atoms with Crippen molar-refractivity contribution in [2.75, 3.05) is 18.5 Å². The van der Waals surface area contributed by atoms with Gasteiger partial charge < -0.3 is 9.84 Å². The summed E-state index contributed by atoms with van der Waals surface area (Å²) in [6, 6.07) is 0. The second kappa shape index (κ2) is 6.83. The normalized spacial score (nSPS) is 13.0. The van der Waals surface area contributed by atoms with Gasteiger partial charge in [-0.25, -0.2) is 0 Å². The zero-order chi connectivity index (χ0) is 8.69. The summed E-state index contributed by atoms with van der Waals surface area (Å²) in [5.74, 6) is 0. The maximum atomic E-state index is 9.03. The molecule has 0 heterocycles. The van der Waals surface area contributed by atoms with E-state index in [4.69, 9.17) is 9.84 Å². The van der Waals surface area contributed by atoms with Crippen molar-refractivity contribution in [3.05, 3.63) is 12.2 Å². The summed E-state index contributed by atoms with van der Waals surface area (Å²) in [6.07, 6.45) is 0.481. The molecule has 0 bridgehead atoms. The van der Waals surface area contributed by atoms with Crippen molar-refractivity contribution < 1.29 is 9.84 Å². The number of hydrogen-bond acceptors (Lipinski definition) is 2. The number of halogens is 1. The second-order valence-corrected chi connectivity index (χ2v) is 3.24. The van der Waals surface area contributed by atoms with Gasteiger partial charge in [0.2, 0.25) is 0 Å². The molecule has 0 aliphatic carbocycles. The minimum absolute atomic E-state index is 0.389. The number of hydrogen-bond donors (Lipinski definition) is 1. The standard InChI is InChI=1S/C8H15BrO2/c1-7(2)3-4-11-6-8(10)5-9/h8,10H,1,3-6H2,2H3. The maximum Gasteiger partial charge on any atom is 0.0870 e. The van der Waals surface area contributed by atoms with Gasteiger partial charge in [-0.1, -0.05) is 21.5 Å². The molecule has 0 saturated heterocycles. The van der Waals surface area contributed by atoms with Crippen LogP contribution < -0.4 is 0 Å². The average Bonchev–Trinajstić information content (AvgIpc) is 1.97. The van der Waals surface area contributed by atoms with Crippen LogP contribution in [-0.4, -0.2) is 29.8 Å². The zero-order valence-corrected chi connectivity index (χ0v) is 8.43. The molecule has 0 aliphatic rings. The van der Waals surface area contributed by atoms with E-state index in [-0.39, 0.29) is 6.10 Å². The lowest BCUT2D eigenvalue weighted by Gasteiger charge is -2.07. The van der Waals surface area contributed by atoms with Gasteiger partial charge in [0.15, 0.2) is 0 Å². The van der Waals surface area contributed by atoms with Crippen molar-refractivity contribution in [1.29, 1.82) is 0 Å². The van der Waals surface area contributed by atoms with E-state index in [0.29, 0.717) is 18.5 Å². The Kier molecular flexibility index (Phi) is 6.91. The van der Waals surface area contributed by atoms with E-state index < -0.39 is 0 Å². The summed E-state index contributed by atoms with van der Waals surface area (Å²) in [5, 5.41) is 9.60. The Labute approximate surface area is 76.4 Å². The van der Waals surface area contributed by atoms with Crippen LogP contribution in [0.25, 0.3) is 0 Å². The van der Waals surface area contributed by atoms with Gasteiger partial charge >= 0.3 is 0 Å². The van der Waals surface area contributed by atoms with Crippen LogP contribution in [0.15, 0.2) is 12.2 Å². The monoisotopic (exact) mass is 222 g/mol. The van der Waals surface area contributed by atoms with Crippen LogP contribution in [0.1, 0.15) is 13.3 Å². The number of ether oxygens (including phenoxy) is 1. The third-order valence-electron chi connectivity index (χ3n) is 1.16.